The minimum absolute atomic E-state index is 0.140. The fraction of sp³-hybridized carbons (Fsp3) is 0.600. The second-order valence-corrected chi connectivity index (χ2v) is 6.53. The molecule has 0 aliphatic heterocycles. The Labute approximate surface area is 82.4 Å². The third-order valence-corrected chi connectivity index (χ3v) is 5.30. The van der Waals surface area contributed by atoms with E-state index in [-0.39, 0.29) is 5.12 Å². The Kier molecular flexibility index (Phi) is 9.43. The number of hydrogen-bond donors (Lipinski definition) is 0. The molecular weight excluding hydrogens is 220 g/mol. The second-order valence-electron chi connectivity index (χ2n) is 1.37. The Hall–Kier alpha value is 0.740. The molecule has 0 aromatic rings. The van der Waals surface area contributed by atoms with Crippen LogP contribution in [0.15, 0.2) is 0 Å². The molecule has 0 aliphatic rings. The molecule has 0 saturated carbocycles. The van der Waals surface area contributed by atoms with Gasteiger partial charge in [0.15, 0.2) is 10.7 Å². The lowest BCUT2D eigenvalue weighted by Gasteiger charge is -1.94. The maximum Gasteiger partial charge on any atom is 0.186 e. The Morgan fingerprint density at radius 1 is 1.36 bits per heavy atom. The first-order chi connectivity index (χ1) is 5.27. The third-order valence-electron chi connectivity index (χ3n) is 0.578. The summed E-state index contributed by atoms with van der Waals surface area (Å²) in [7, 11) is 3.20. The van der Waals surface area contributed by atoms with Crippen LogP contribution in [0.1, 0.15) is 6.92 Å². The van der Waals surface area contributed by atoms with E-state index in [4.69, 9.17) is 0 Å². The van der Waals surface area contributed by atoms with Gasteiger partial charge in [-0.25, -0.2) is 0 Å². The maximum atomic E-state index is 10.4. The van der Waals surface area contributed by atoms with Gasteiger partial charge in [-0.1, -0.05) is 45.1 Å². The smallest absolute Gasteiger partial charge is 0.186 e. The van der Waals surface area contributed by atoms with Crippen LogP contribution in [0.5, 0.6) is 0 Å². The number of carbonyl (C=O) groups is 2. The number of hydrogen-bond acceptors (Lipinski definition) is 6. The van der Waals surface area contributed by atoms with Gasteiger partial charge in [0.2, 0.25) is 0 Å². The summed E-state index contributed by atoms with van der Waals surface area (Å²) in [5.74, 6) is 0. The summed E-state index contributed by atoms with van der Waals surface area (Å²) in [6.45, 7) is 1.55. The van der Waals surface area contributed by atoms with Gasteiger partial charge in [0, 0.05) is 6.92 Å². The van der Waals surface area contributed by atoms with E-state index in [0.717, 1.165) is 15.8 Å². The Morgan fingerprint density at radius 2 is 2.00 bits per heavy atom. The van der Waals surface area contributed by atoms with E-state index in [2.05, 4.69) is 0 Å². The predicted octanol–water partition coefficient (Wildman–Crippen LogP) is 2.49. The van der Waals surface area contributed by atoms with E-state index in [0.29, 0.717) is 0 Å². The van der Waals surface area contributed by atoms with Crippen molar-refractivity contribution in [1.82, 2.24) is 0 Å². The molecular formula is C5H8O2S4. The van der Waals surface area contributed by atoms with Crippen molar-refractivity contribution >= 4 is 55.8 Å². The molecule has 64 valence electrons. The fourth-order valence-electron chi connectivity index (χ4n) is 0.231. The lowest BCUT2D eigenvalue weighted by Crippen LogP contribution is -1.79. The van der Waals surface area contributed by atoms with E-state index in [9.17, 15) is 9.59 Å². The van der Waals surface area contributed by atoms with Crippen molar-refractivity contribution in [3.8, 4) is 0 Å². The molecule has 0 amide bonds. The van der Waals surface area contributed by atoms with Crippen molar-refractivity contribution in [2.24, 2.45) is 0 Å². The lowest BCUT2D eigenvalue weighted by molar-refractivity contribution is -0.109. The number of rotatable bonds is 6. The van der Waals surface area contributed by atoms with Crippen LogP contribution in [-0.2, 0) is 9.59 Å². The van der Waals surface area contributed by atoms with Gasteiger partial charge < -0.3 is 0 Å². The van der Waals surface area contributed by atoms with Crippen LogP contribution in [0, 0.1) is 0 Å². The predicted molar refractivity (Wildman–Crippen MR) is 57.5 cm³/mol. The molecule has 0 unspecified atom stereocenters. The zero-order chi connectivity index (χ0) is 8.53. The summed E-state index contributed by atoms with van der Waals surface area (Å²) in [6.07, 6.45) is 0. The molecule has 0 N–H and O–H groups in total. The molecule has 0 rings (SSSR count). The molecule has 0 fully saturated rings. The Morgan fingerprint density at radius 3 is 2.55 bits per heavy atom. The standard InChI is InChI=1S/C5H8O2S4/c1-5(7)9-4-11-10-3-8-2-6/h2H,3-4H2,1H3. The van der Waals surface area contributed by atoms with Gasteiger partial charge in [-0.3, -0.25) is 9.59 Å². The first-order valence-electron chi connectivity index (χ1n) is 2.70. The molecule has 0 saturated heterocycles. The minimum Gasteiger partial charge on any atom is -0.291 e. The Bertz CT molecular complexity index is 128. The van der Waals surface area contributed by atoms with E-state index in [1.54, 1.807) is 28.5 Å². The average Bonchev–Trinajstić information content (AvgIpc) is 1.96. The quantitative estimate of drug-likeness (QED) is 0.301. The summed E-state index contributed by atoms with van der Waals surface area (Å²) in [5, 5.41) is 1.66. The van der Waals surface area contributed by atoms with E-state index in [1.165, 1.54) is 23.5 Å². The van der Waals surface area contributed by atoms with Gasteiger partial charge in [-0.05, 0) is 0 Å². The summed E-state index contributed by atoms with van der Waals surface area (Å²) in [6, 6.07) is 0. The van der Waals surface area contributed by atoms with Crippen LogP contribution in [0.2, 0.25) is 0 Å². The highest BCUT2D eigenvalue weighted by molar-refractivity contribution is 8.79. The summed E-state index contributed by atoms with van der Waals surface area (Å²) in [5.41, 5.74) is 0.825. The molecule has 0 spiro atoms. The second kappa shape index (κ2) is 8.83. The molecule has 0 atom stereocenters. The monoisotopic (exact) mass is 228 g/mol. The van der Waals surface area contributed by atoms with Crippen molar-refractivity contribution in [3.05, 3.63) is 0 Å². The van der Waals surface area contributed by atoms with Crippen LogP contribution >= 0.6 is 45.1 Å². The number of carbonyl (C=O) groups excluding carboxylic acids is 2. The highest BCUT2D eigenvalue weighted by Crippen LogP contribution is 2.28. The SMILES string of the molecule is CC(=O)SCSSCSC=O. The lowest BCUT2D eigenvalue weighted by atomic mass is 10.9. The molecule has 6 heteroatoms. The summed E-state index contributed by atoms with van der Waals surface area (Å²) < 4.78 is 0. The normalized spacial score (nSPS) is 9.55. The highest BCUT2D eigenvalue weighted by Gasteiger charge is 1.94. The first kappa shape index (κ1) is 11.7. The first-order valence-corrected chi connectivity index (χ1v) is 7.22. The molecule has 0 aromatic heterocycles. The van der Waals surface area contributed by atoms with Gasteiger partial charge in [0.05, 0.1) is 10.2 Å². The summed E-state index contributed by atoms with van der Waals surface area (Å²) in [4.78, 5) is 20.2. The zero-order valence-corrected chi connectivity index (χ0v) is 9.21. The molecule has 0 bridgehead atoms. The molecule has 0 heterocycles. The van der Waals surface area contributed by atoms with Gasteiger partial charge in [-0.2, -0.15) is 0 Å². The van der Waals surface area contributed by atoms with Crippen LogP contribution in [-0.4, -0.2) is 20.9 Å². The summed E-state index contributed by atoms with van der Waals surface area (Å²) >= 11 is 2.53. The van der Waals surface area contributed by atoms with Crippen molar-refractivity contribution in [3.63, 3.8) is 0 Å². The van der Waals surface area contributed by atoms with E-state index >= 15 is 0 Å². The Balaban J connectivity index is 2.90. The fourth-order valence-corrected chi connectivity index (χ4v) is 4.23. The van der Waals surface area contributed by atoms with Crippen LogP contribution in [0.4, 0.5) is 0 Å². The van der Waals surface area contributed by atoms with Crippen molar-refractivity contribution in [2.45, 2.75) is 6.92 Å². The molecule has 2 nitrogen and oxygen atoms in total. The van der Waals surface area contributed by atoms with Gasteiger partial charge in [-0.15, -0.1) is 0 Å². The average molecular weight is 228 g/mol. The van der Waals surface area contributed by atoms with Crippen molar-refractivity contribution < 1.29 is 9.59 Å². The van der Waals surface area contributed by atoms with E-state index < -0.39 is 0 Å². The molecule has 0 radical (unpaired) electrons. The topological polar surface area (TPSA) is 34.1 Å². The van der Waals surface area contributed by atoms with Gasteiger partial charge >= 0.3 is 0 Å². The van der Waals surface area contributed by atoms with Crippen LogP contribution in [0.3, 0.4) is 0 Å². The molecule has 0 aliphatic carbocycles. The number of thioether (sulfide) groups is 2. The van der Waals surface area contributed by atoms with Gasteiger partial charge in [0.25, 0.3) is 0 Å². The van der Waals surface area contributed by atoms with Crippen LogP contribution < -0.4 is 0 Å². The minimum atomic E-state index is 0.140. The van der Waals surface area contributed by atoms with Crippen LogP contribution in [0.25, 0.3) is 0 Å². The maximum absolute atomic E-state index is 10.4. The largest absolute Gasteiger partial charge is 0.291 e. The molecule has 11 heavy (non-hydrogen) atoms. The molecule has 0 aromatic carbocycles. The highest BCUT2D eigenvalue weighted by atomic mass is 33.1. The third kappa shape index (κ3) is 10.7. The zero-order valence-electron chi connectivity index (χ0n) is 5.94. The van der Waals surface area contributed by atoms with Crippen molar-refractivity contribution in [1.29, 1.82) is 0 Å². The van der Waals surface area contributed by atoms with Crippen molar-refractivity contribution in [2.75, 3.05) is 10.2 Å². The van der Waals surface area contributed by atoms with Gasteiger partial charge in [0.1, 0.15) is 0 Å². The van der Waals surface area contributed by atoms with E-state index in [1.807, 2.05) is 0 Å².